The maximum absolute atomic E-state index is 11.7. The Hall–Kier alpha value is -1.56. The van der Waals surface area contributed by atoms with Crippen LogP contribution in [0.1, 0.15) is 34.3 Å². The number of amides is 1. The summed E-state index contributed by atoms with van der Waals surface area (Å²) in [5, 5.41) is 6.78. The summed E-state index contributed by atoms with van der Waals surface area (Å²) in [5.41, 5.74) is 0.229. The molecule has 2 rings (SSSR count). The van der Waals surface area contributed by atoms with Crippen LogP contribution in [0.15, 0.2) is 0 Å². The highest BCUT2D eigenvalue weighted by atomic mass is 35.5. The average Bonchev–Trinajstić information content (AvgIpc) is 2.50. The summed E-state index contributed by atoms with van der Waals surface area (Å²) >= 11 is 6.00. The zero-order valence-electron chi connectivity index (χ0n) is 9.33. The number of hydrogen-bond donors (Lipinski definition) is 1. The maximum Gasteiger partial charge on any atom is 0.360 e. The molecule has 1 amide bonds. The van der Waals surface area contributed by atoms with Crippen LogP contribution in [-0.4, -0.2) is 34.8 Å². The quantitative estimate of drug-likeness (QED) is 0.797. The van der Waals surface area contributed by atoms with Crippen LogP contribution in [0.25, 0.3) is 0 Å². The molecular formula is C10H12ClN3O3. The van der Waals surface area contributed by atoms with Gasteiger partial charge in [0.25, 0.3) is 5.91 Å². The topological polar surface area (TPSA) is 73.2 Å². The van der Waals surface area contributed by atoms with Crippen molar-refractivity contribution < 1.29 is 14.3 Å². The van der Waals surface area contributed by atoms with Crippen LogP contribution < -0.4 is 5.32 Å². The summed E-state index contributed by atoms with van der Waals surface area (Å²) < 4.78 is 6.28. The Balaban J connectivity index is 2.42. The molecule has 6 nitrogen and oxygen atoms in total. The van der Waals surface area contributed by atoms with Crippen LogP contribution in [0.3, 0.4) is 0 Å². The highest BCUT2D eigenvalue weighted by Gasteiger charge is 2.27. The molecule has 1 aromatic rings. The SMILES string of the molecule is CCOC(=O)c1nn2c(c1Cl)C(=O)NCCC2. The van der Waals surface area contributed by atoms with Crippen LogP contribution in [0.5, 0.6) is 0 Å². The lowest BCUT2D eigenvalue weighted by Gasteiger charge is -1.99. The lowest BCUT2D eigenvalue weighted by molar-refractivity contribution is 0.0518. The Bertz CT molecular complexity index is 470. The maximum atomic E-state index is 11.7. The molecule has 0 unspecified atom stereocenters. The van der Waals surface area contributed by atoms with Crippen LogP contribution in [0.2, 0.25) is 5.02 Å². The standard InChI is InChI=1S/C10H12ClN3O3/c1-2-17-10(16)7-6(11)8-9(15)12-4-3-5-14(8)13-7/h2-5H2,1H3,(H,12,15). The molecule has 92 valence electrons. The summed E-state index contributed by atoms with van der Waals surface area (Å²) in [5.74, 6) is -0.915. The minimum Gasteiger partial charge on any atom is -0.461 e. The van der Waals surface area contributed by atoms with Gasteiger partial charge in [-0.25, -0.2) is 4.79 Å². The summed E-state index contributed by atoms with van der Waals surface area (Å²) in [6.07, 6.45) is 0.749. The highest BCUT2D eigenvalue weighted by molar-refractivity contribution is 6.36. The minimum absolute atomic E-state index is 0.000525. The van der Waals surface area contributed by atoms with Crippen molar-refractivity contribution in [2.75, 3.05) is 13.2 Å². The molecule has 1 aliphatic rings. The van der Waals surface area contributed by atoms with Crippen LogP contribution in [0.4, 0.5) is 0 Å². The number of hydrogen-bond acceptors (Lipinski definition) is 4. The Morgan fingerprint density at radius 3 is 3.12 bits per heavy atom. The third-order valence-corrected chi connectivity index (χ3v) is 2.77. The van der Waals surface area contributed by atoms with Gasteiger partial charge in [-0.15, -0.1) is 0 Å². The number of aromatic nitrogens is 2. The van der Waals surface area contributed by atoms with Crippen LogP contribution in [0, 0.1) is 0 Å². The number of nitrogens with one attached hydrogen (secondary N) is 1. The molecular weight excluding hydrogens is 246 g/mol. The van der Waals surface area contributed by atoms with Crippen LogP contribution in [-0.2, 0) is 11.3 Å². The third kappa shape index (κ3) is 2.12. The number of esters is 1. The van der Waals surface area contributed by atoms with Crippen molar-refractivity contribution in [2.45, 2.75) is 19.9 Å². The number of rotatable bonds is 2. The van der Waals surface area contributed by atoms with Gasteiger partial charge in [0.1, 0.15) is 10.7 Å². The number of carbonyl (C=O) groups is 2. The molecule has 0 aliphatic carbocycles. The first-order valence-corrected chi connectivity index (χ1v) is 5.74. The van der Waals surface area contributed by atoms with E-state index in [1.54, 1.807) is 6.92 Å². The predicted molar refractivity (Wildman–Crippen MR) is 60.1 cm³/mol. The van der Waals surface area contributed by atoms with E-state index >= 15 is 0 Å². The third-order valence-electron chi connectivity index (χ3n) is 2.41. The molecule has 1 aromatic heterocycles. The molecule has 1 N–H and O–H groups in total. The summed E-state index contributed by atoms with van der Waals surface area (Å²) in [6.45, 7) is 3.06. The van der Waals surface area contributed by atoms with Crippen molar-refractivity contribution in [1.82, 2.24) is 15.1 Å². The number of ether oxygens (including phenoxy) is 1. The highest BCUT2D eigenvalue weighted by Crippen LogP contribution is 2.23. The molecule has 0 spiro atoms. The van der Waals surface area contributed by atoms with E-state index in [1.807, 2.05) is 0 Å². The molecule has 0 bridgehead atoms. The molecule has 1 aliphatic heterocycles. The van der Waals surface area contributed by atoms with E-state index in [9.17, 15) is 9.59 Å². The second-order valence-corrected chi connectivity index (χ2v) is 3.94. The van der Waals surface area contributed by atoms with E-state index in [4.69, 9.17) is 16.3 Å². The molecule has 0 fully saturated rings. The molecule has 0 atom stereocenters. The monoisotopic (exact) mass is 257 g/mol. The molecule has 0 radical (unpaired) electrons. The zero-order chi connectivity index (χ0) is 12.4. The Morgan fingerprint density at radius 2 is 2.41 bits per heavy atom. The van der Waals surface area contributed by atoms with Crippen molar-refractivity contribution in [3.05, 3.63) is 16.4 Å². The van der Waals surface area contributed by atoms with Gasteiger partial charge in [-0.2, -0.15) is 5.10 Å². The number of fused-ring (bicyclic) bond motifs is 1. The summed E-state index contributed by atoms with van der Waals surface area (Å²) in [4.78, 5) is 23.3. The fourth-order valence-corrected chi connectivity index (χ4v) is 1.96. The minimum atomic E-state index is -0.606. The number of nitrogens with zero attached hydrogens (tertiary/aromatic N) is 2. The zero-order valence-corrected chi connectivity index (χ0v) is 10.1. The van der Waals surface area contributed by atoms with Gasteiger partial charge in [0, 0.05) is 13.1 Å². The number of carbonyl (C=O) groups excluding carboxylic acids is 2. The summed E-state index contributed by atoms with van der Waals surface area (Å²) in [6, 6.07) is 0. The van der Waals surface area contributed by atoms with Gasteiger partial charge in [-0.1, -0.05) is 11.6 Å². The molecule has 0 saturated heterocycles. The number of halogens is 1. The average molecular weight is 258 g/mol. The first-order valence-electron chi connectivity index (χ1n) is 5.36. The van der Waals surface area contributed by atoms with Crippen molar-refractivity contribution >= 4 is 23.5 Å². The van der Waals surface area contributed by atoms with Gasteiger partial charge < -0.3 is 10.1 Å². The van der Waals surface area contributed by atoms with E-state index < -0.39 is 5.97 Å². The second kappa shape index (κ2) is 4.75. The fraction of sp³-hybridized carbons (Fsp3) is 0.500. The first kappa shape index (κ1) is 11.9. The van der Waals surface area contributed by atoms with Gasteiger partial charge in [-0.3, -0.25) is 9.48 Å². The molecule has 0 aromatic carbocycles. The lowest BCUT2D eigenvalue weighted by atomic mass is 10.3. The van der Waals surface area contributed by atoms with E-state index in [0.717, 1.165) is 6.42 Å². The number of aryl methyl sites for hydroxylation is 1. The fourth-order valence-electron chi connectivity index (χ4n) is 1.66. The summed E-state index contributed by atoms with van der Waals surface area (Å²) in [7, 11) is 0. The van der Waals surface area contributed by atoms with Crippen LogP contribution >= 0.6 is 11.6 Å². The Kier molecular flexibility index (Phi) is 3.33. The van der Waals surface area contributed by atoms with E-state index in [2.05, 4.69) is 10.4 Å². The Morgan fingerprint density at radius 1 is 1.65 bits per heavy atom. The van der Waals surface area contributed by atoms with Crippen molar-refractivity contribution in [3.8, 4) is 0 Å². The van der Waals surface area contributed by atoms with Crippen molar-refractivity contribution in [2.24, 2.45) is 0 Å². The molecule has 7 heteroatoms. The molecule has 2 heterocycles. The second-order valence-electron chi connectivity index (χ2n) is 3.56. The molecule has 17 heavy (non-hydrogen) atoms. The molecule has 0 saturated carbocycles. The predicted octanol–water partition coefficient (Wildman–Crippen LogP) is 0.847. The van der Waals surface area contributed by atoms with E-state index in [0.29, 0.717) is 13.1 Å². The smallest absolute Gasteiger partial charge is 0.360 e. The van der Waals surface area contributed by atoms with Crippen molar-refractivity contribution in [3.63, 3.8) is 0 Å². The lowest BCUT2D eigenvalue weighted by Crippen LogP contribution is -2.23. The first-order chi connectivity index (χ1) is 8.15. The Labute approximate surface area is 103 Å². The van der Waals surface area contributed by atoms with Gasteiger partial charge in [0.15, 0.2) is 5.69 Å². The van der Waals surface area contributed by atoms with Crippen molar-refractivity contribution in [1.29, 1.82) is 0 Å². The van der Waals surface area contributed by atoms with Gasteiger partial charge in [0.05, 0.1) is 6.61 Å². The van der Waals surface area contributed by atoms with E-state index in [1.165, 1.54) is 4.68 Å². The van der Waals surface area contributed by atoms with Gasteiger partial charge in [-0.05, 0) is 13.3 Å². The van der Waals surface area contributed by atoms with E-state index in [-0.39, 0.29) is 28.9 Å². The normalized spacial score (nSPS) is 14.8. The van der Waals surface area contributed by atoms with Gasteiger partial charge in [0.2, 0.25) is 0 Å². The largest absolute Gasteiger partial charge is 0.461 e. The van der Waals surface area contributed by atoms with Gasteiger partial charge >= 0.3 is 5.97 Å².